The van der Waals surface area contributed by atoms with Crippen LogP contribution in [0.25, 0.3) is 0 Å². The Labute approximate surface area is 178 Å². The van der Waals surface area contributed by atoms with Gasteiger partial charge in [0.2, 0.25) is 0 Å². The van der Waals surface area contributed by atoms with E-state index in [1.165, 1.54) is 12.1 Å². The number of likely N-dealkylation sites (tertiary alicyclic amines) is 1. The summed E-state index contributed by atoms with van der Waals surface area (Å²) in [6.07, 6.45) is -2.55. The van der Waals surface area contributed by atoms with Gasteiger partial charge in [-0.25, -0.2) is 0 Å². The maximum absolute atomic E-state index is 13.2. The molecular weight excluding hydrogens is 415 g/mol. The molecule has 30 heavy (non-hydrogen) atoms. The van der Waals surface area contributed by atoms with Gasteiger partial charge in [-0.2, -0.15) is 18.4 Å². The highest BCUT2D eigenvalue weighted by Crippen LogP contribution is 2.36. The second-order valence-electron chi connectivity index (χ2n) is 7.41. The summed E-state index contributed by atoms with van der Waals surface area (Å²) in [7, 11) is 0. The van der Waals surface area contributed by atoms with E-state index in [0.29, 0.717) is 18.2 Å². The number of halogens is 4. The molecule has 0 radical (unpaired) electrons. The minimum Gasteiger partial charge on any atom is -0.344 e. The van der Waals surface area contributed by atoms with E-state index in [4.69, 9.17) is 16.9 Å². The van der Waals surface area contributed by atoms with Gasteiger partial charge in [-0.15, -0.1) is 0 Å². The predicted octanol–water partition coefficient (Wildman–Crippen LogP) is 5.19. The van der Waals surface area contributed by atoms with E-state index < -0.39 is 28.7 Å². The summed E-state index contributed by atoms with van der Waals surface area (Å²) in [6.45, 7) is 3.50. The highest BCUT2D eigenvalue weighted by atomic mass is 35.5. The molecule has 1 heterocycles. The van der Waals surface area contributed by atoms with E-state index >= 15 is 0 Å². The van der Waals surface area contributed by atoms with Crippen molar-refractivity contribution in [3.05, 3.63) is 69.7 Å². The van der Waals surface area contributed by atoms with Crippen molar-refractivity contribution in [2.45, 2.75) is 38.0 Å². The van der Waals surface area contributed by atoms with Crippen molar-refractivity contribution >= 4 is 17.5 Å². The van der Waals surface area contributed by atoms with Crippen LogP contribution in [0.4, 0.5) is 13.2 Å². The fourth-order valence-corrected chi connectivity index (χ4v) is 4.00. The van der Waals surface area contributed by atoms with Crippen LogP contribution in [0.15, 0.2) is 42.5 Å². The number of amides is 1. The third-order valence-electron chi connectivity index (χ3n) is 5.40. The smallest absolute Gasteiger partial charge is 0.344 e. The molecule has 1 aliphatic rings. The minimum absolute atomic E-state index is 0.223. The van der Waals surface area contributed by atoms with Gasteiger partial charge >= 0.3 is 6.18 Å². The van der Waals surface area contributed by atoms with Crippen LogP contribution < -0.4 is 5.32 Å². The van der Waals surface area contributed by atoms with Crippen molar-refractivity contribution in [2.24, 2.45) is 0 Å². The maximum Gasteiger partial charge on any atom is 0.417 e. The van der Waals surface area contributed by atoms with Crippen LogP contribution in [0.5, 0.6) is 0 Å². The maximum atomic E-state index is 13.2. The SMILES string of the molecule is CC1CCCN1C[C@@H](NC(=O)c1cccc(C(F)(F)F)c1Cl)c1ccc(C#N)cc1. The van der Waals surface area contributed by atoms with Gasteiger partial charge in [-0.05, 0) is 56.1 Å². The second kappa shape index (κ2) is 9.07. The molecule has 1 N–H and O–H groups in total. The van der Waals surface area contributed by atoms with Gasteiger partial charge in [0.25, 0.3) is 5.91 Å². The minimum atomic E-state index is -4.65. The van der Waals surface area contributed by atoms with Gasteiger partial charge in [0.1, 0.15) is 0 Å². The van der Waals surface area contributed by atoms with E-state index in [1.807, 2.05) is 6.07 Å². The van der Waals surface area contributed by atoms with Crippen molar-refractivity contribution in [1.29, 1.82) is 5.26 Å². The van der Waals surface area contributed by atoms with Crippen LogP contribution in [0.1, 0.15) is 52.9 Å². The third kappa shape index (κ3) is 4.94. The second-order valence-corrected chi connectivity index (χ2v) is 7.79. The Balaban J connectivity index is 1.88. The fourth-order valence-electron chi connectivity index (χ4n) is 3.69. The summed E-state index contributed by atoms with van der Waals surface area (Å²) in [5, 5.41) is 11.2. The molecule has 1 amide bonds. The zero-order valence-electron chi connectivity index (χ0n) is 16.3. The molecule has 0 spiro atoms. The monoisotopic (exact) mass is 435 g/mol. The molecule has 2 atom stereocenters. The normalized spacial score (nSPS) is 18.1. The molecule has 1 fully saturated rings. The van der Waals surface area contributed by atoms with E-state index in [0.717, 1.165) is 31.0 Å². The molecule has 0 saturated carbocycles. The number of nitrogens with one attached hydrogen (secondary N) is 1. The van der Waals surface area contributed by atoms with Crippen LogP contribution in [0.3, 0.4) is 0 Å². The van der Waals surface area contributed by atoms with E-state index in [9.17, 15) is 18.0 Å². The third-order valence-corrected chi connectivity index (χ3v) is 5.81. The van der Waals surface area contributed by atoms with E-state index in [1.54, 1.807) is 24.3 Å². The Morgan fingerprint density at radius 1 is 1.30 bits per heavy atom. The first kappa shape index (κ1) is 22.1. The van der Waals surface area contributed by atoms with Crippen LogP contribution in [-0.4, -0.2) is 29.9 Å². The standard InChI is InChI=1S/C22H21ClF3N3O/c1-14-4-3-11-29(14)13-19(16-9-7-15(12-27)8-10-16)28-21(30)17-5-2-6-18(20(17)23)22(24,25)26/h2,5-10,14,19H,3-4,11,13H2,1H3,(H,28,30)/t14?,19-/m1/s1. The topological polar surface area (TPSA) is 56.1 Å². The van der Waals surface area contributed by atoms with Crippen molar-refractivity contribution in [3.8, 4) is 6.07 Å². The summed E-state index contributed by atoms with van der Waals surface area (Å²) in [5.74, 6) is -0.674. The number of benzene rings is 2. The Morgan fingerprint density at radius 3 is 2.57 bits per heavy atom. The predicted molar refractivity (Wildman–Crippen MR) is 108 cm³/mol. The molecule has 1 unspecified atom stereocenters. The number of carbonyl (C=O) groups excluding carboxylic acids is 1. The molecule has 158 valence electrons. The number of carbonyl (C=O) groups is 1. The Kier molecular flexibility index (Phi) is 6.69. The summed E-state index contributed by atoms with van der Waals surface area (Å²) in [5.41, 5.74) is -0.0108. The fraction of sp³-hybridized carbons (Fsp3) is 0.364. The molecule has 3 rings (SSSR count). The lowest BCUT2D eigenvalue weighted by molar-refractivity contribution is -0.137. The molecule has 2 aromatic rings. The average Bonchev–Trinajstić information content (AvgIpc) is 3.11. The van der Waals surface area contributed by atoms with Gasteiger partial charge < -0.3 is 5.32 Å². The molecule has 0 bridgehead atoms. The Morgan fingerprint density at radius 2 is 2.00 bits per heavy atom. The first-order chi connectivity index (χ1) is 14.2. The van der Waals surface area contributed by atoms with Gasteiger partial charge in [-0.1, -0.05) is 29.8 Å². The van der Waals surface area contributed by atoms with Gasteiger partial charge in [0, 0.05) is 12.6 Å². The number of hydrogen-bond donors (Lipinski definition) is 1. The molecular formula is C22H21ClF3N3O. The average molecular weight is 436 g/mol. The zero-order chi connectivity index (χ0) is 21.9. The van der Waals surface area contributed by atoms with E-state index in [2.05, 4.69) is 17.1 Å². The van der Waals surface area contributed by atoms with Crippen molar-refractivity contribution in [2.75, 3.05) is 13.1 Å². The molecule has 8 heteroatoms. The quantitative estimate of drug-likeness (QED) is 0.703. The Bertz CT molecular complexity index is 954. The van der Waals surface area contributed by atoms with Crippen LogP contribution >= 0.6 is 11.6 Å². The zero-order valence-corrected chi connectivity index (χ0v) is 17.1. The molecule has 0 aliphatic carbocycles. The first-order valence-electron chi connectivity index (χ1n) is 9.61. The van der Waals surface area contributed by atoms with Crippen molar-refractivity contribution < 1.29 is 18.0 Å². The highest BCUT2D eigenvalue weighted by Gasteiger charge is 2.35. The molecule has 2 aromatic carbocycles. The first-order valence-corrected chi connectivity index (χ1v) is 9.99. The summed E-state index contributed by atoms with van der Waals surface area (Å²) in [6, 6.07) is 12.0. The largest absolute Gasteiger partial charge is 0.417 e. The number of nitrogens with zero attached hydrogens (tertiary/aromatic N) is 2. The number of rotatable bonds is 5. The molecule has 4 nitrogen and oxygen atoms in total. The summed E-state index contributed by atoms with van der Waals surface area (Å²) >= 11 is 5.92. The highest BCUT2D eigenvalue weighted by molar-refractivity contribution is 6.34. The molecule has 1 saturated heterocycles. The summed E-state index contributed by atoms with van der Waals surface area (Å²) < 4.78 is 39.5. The lowest BCUT2D eigenvalue weighted by Crippen LogP contribution is -2.39. The molecule has 1 aliphatic heterocycles. The van der Waals surface area contributed by atoms with E-state index in [-0.39, 0.29) is 5.56 Å². The van der Waals surface area contributed by atoms with Gasteiger partial charge in [0.05, 0.1) is 33.8 Å². The number of alkyl halides is 3. The summed E-state index contributed by atoms with van der Waals surface area (Å²) in [4.78, 5) is 15.1. The number of hydrogen-bond acceptors (Lipinski definition) is 3. The van der Waals surface area contributed by atoms with Crippen LogP contribution in [-0.2, 0) is 6.18 Å². The van der Waals surface area contributed by atoms with Gasteiger partial charge in [0.15, 0.2) is 0 Å². The van der Waals surface area contributed by atoms with Crippen molar-refractivity contribution in [1.82, 2.24) is 10.2 Å². The van der Waals surface area contributed by atoms with Crippen LogP contribution in [0, 0.1) is 11.3 Å². The lowest BCUT2D eigenvalue weighted by Gasteiger charge is -2.28. The molecule has 0 aromatic heterocycles. The van der Waals surface area contributed by atoms with Gasteiger partial charge in [-0.3, -0.25) is 9.69 Å². The number of nitriles is 1. The lowest BCUT2D eigenvalue weighted by atomic mass is 10.0. The Hall–Kier alpha value is -2.56. The van der Waals surface area contributed by atoms with Crippen LogP contribution in [0.2, 0.25) is 5.02 Å². The van der Waals surface area contributed by atoms with Crippen molar-refractivity contribution in [3.63, 3.8) is 0 Å².